The maximum Gasteiger partial charge on any atom is 0.353 e. The number of hydrogen-bond acceptors (Lipinski definition) is 6. The molecule has 0 bridgehead atoms. The van der Waals surface area contributed by atoms with Gasteiger partial charge in [-0.3, -0.25) is 9.59 Å². The molecule has 4 aliphatic heterocycles. The van der Waals surface area contributed by atoms with Crippen molar-refractivity contribution in [3.05, 3.63) is 10.6 Å². The molecule has 3 fully saturated rings. The number of hydrogen-bond donors (Lipinski definition) is 3. The molecule has 8 nitrogen and oxygen atoms in total. The second kappa shape index (κ2) is 6.24. The summed E-state index contributed by atoms with van der Waals surface area (Å²) in [6.45, 7) is 5.75. The molecule has 0 aromatic heterocycles. The monoisotopic (exact) mass is 381 g/mol. The van der Waals surface area contributed by atoms with Crippen LogP contribution in [-0.4, -0.2) is 80.9 Å². The average molecular weight is 381 g/mol. The zero-order chi connectivity index (χ0) is 18.7. The van der Waals surface area contributed by atoms with Crippen LogP contribution >= 0.6 is 11.8 Å². The standard InChI is InChI=1S/C17H23N3O5S/c1-7-12-11(8(2)21)16(23)20(12)13(17(24)25)14(7)26-10-3-4-19(15(10)22)9-5-18-6-9/h7-12,18,21H,3-6H2,1-2H3,(H,24,25)/t7-,8-,10+,11-,12-/m1/s1. The van der Waals surface area contributed by atoms with Crippen molar-refractivity contribution in [3.8, 4) is 0 Å². The van der Waals surface area contributed by atoms with Crippen molar-refractivity contribution in [2.75, 3.05) is 19.6 Å². The van der Waals surface area contributed by atoms with Crippen molar-refractivity contribution in [2.24, 2.45) is 11.8 Å². The summed E-state index contributed by atoms with van der Waals surface area (Å²) in [6, 6.07) is -0.0947. The predicted molar refractivity (Wildman–Crippen MR) is 94.0 cm³/mol. The van der Waals surface area contributed by atoms with Gasteiger partial charge in [0.15, 0.2) is 0 Å². The van der Waals surface area contributed by atoms with Gasteiger partial charge < -0.3 is 25.3 Å². The first-order valence-electron chi connectivity index (χ1n) is 8.99. The van der Waals surface area contributed by atoms with Crippen LogP contribution in [0, 0.1) is 11.8 Å². The van der Waals surface area contributed by atoms with Crippen molar-refractivity contribution < 1.29 is 24.6 Å². The minimum absolute atomic E-state index is 0.00837. The van der Waals surface area contributed by atoms with Crippen molar-refractivity contribution in [1.82, 2.24) is 15.1 Å². The van der Waals surface area contributed by atoms with Gasteiger partial charge in [-0.15, -0.1) is 11.8 Å². The van der Waals surface area contributed by atoms with Gasteiger partial charge in [-0.1, -0.05) is 6.92 Å². The molecule has 0 spiro atoms. The molecule has 0 aliphatic carbocycles. The number of aliphatic carboxylic acids is 1. The van der Waals surface area contributed by atoms with Crippen LogP contribution in [0.4, 0.5) is 0 Å². The lowest BCUT2D eigenvalue weighted by molar-refractivity contribution is -0.163. The molecule has 4 heterocycles. The van der Waals surface area contributed by atoms with E-state index in [4.69, 9.17) is 0 Å². The van der Waals surface area contributed by atoms with Crippen LogP contribution in [0.3, 0.4) is 0 Å². The van der Waals surface area contributed by atoms with E-state index in [1.165, 1.54) is 16.7 Å². The van der Waals surface area contributed by atoms with Gasteiger partial charge >= 0.3 is 5.97 Å². The Labute approximate surface area is 155 Å². The van der Waals surface area contributed by atoms with E-state index >= 15 is 0 Å². The van der Waals surface area contributed by atoms with Gasteiger partial charge in [0.25, 0.3) is 0 Å². The van der Waals surface area contributed by atoms with Crippen molar-refractivity contribution in [3.63, 3.8) is 0 Å². The fourth-order valence-corrected chi connectivity index (χ4v) is 5.89. The number of nitrogens with zero attached hydrogens (tertiary/aromatic N) is 2. The molecule has 0 unspecified atom stereocenters. The normalized spacial score (nSPS) is 35.5. The SMILES string of the molecule is C[C@@H](O)[C@H]1C(=O)N2C(C(=O)O)=C(S[C@H]3CCN(C4CNC4)C3=O)[C@H](C)[C@H]12. The van der Waals surface area contributed by atoms with Gasteiger partial charge in [-0.25, -0.2) is 4.79 Å². The molecule has 5 atom stereocenters. The zero-order valence-electron chi connectivity index (χ0n) is 14.7. The van der Waals surface area contributed by atoms with E-state index in [2.05, 4.69) is 5.32 Å². The highest BCUT2D eigenvalue weighted by molar-refractivity contribution is 8.04. The Morgan fingerprint density at radius 1 is 1.31 bits per heavy atom. The van der Waals surface area contributed by atoms with Crippen molar-refractivity contribution >= 4 is 29.5 Å². The van der Waals surface area contributed by atoms with Gasteiger partial charge in [-0.2, -0.15) is 0 Å². The Hall–Kier alpha value is -1.58. The van der Waals surface area contributed by atoms with E-state index in [9.17, 15) is 24.6 Å². The largest absolute Gasteiger partial charge is 0.477 e. The Bertz CT molecular complexity index is 705. The molecule has 26 heavy (non-hydrogen) atoms. The molecule has 9 heteroatoms. The third kappa shape index (κ3) is 2.40. The number of thioether (sulfide) groups is 1. The topological polar surface area (TPSA) is 110 Å². The van der Waals surface area contributed by atoms with Gasteiger partial charge in [0.05, 0.1) is 29.4 Å². The molecule has 0 radical (unpaired) electrons. The highest BCUT2D eigenvalue weighted by atomic mass is 32.2. The summed E-state index contributed by atoms with van der Waals surface area (Å²) in [7, 11) is 0. The summed E-state index contributed by atoms with van der Waals surface area (Å²) in [4.78, 5) is 40.7. The average Bonchev–Trinajstić information content (AvgIpc) is 2.97. The van der Waals surface area contributed by atoms with Crippen LogP contribution in [0.15, 0.2) is 10.6 Å². The summed E-state index contributed by atoms with van der Waals surface area (Å²) in [5.74, 6) is -2.21. The fourth-order valence-electron chi connectivity index (χ4n) is 4.47. The Balaban J connectivity index is 1.56. The second-order valence-electron chi connectivity index (χ2n) is 7.51. The molecule has 4 rings (SSSR count). The number of carbonyl (C=O) groups excluding carboxylic acids is 2. The number of nitrogens with one attached hydrogen (secondary N) is 1. The van der Waals surface area contributed by atoms with Crippen LogP contribution in [0.1, 0.15) is 20.3 Å². The van der Waals surface area contributed by atoms with E-state index in [0.717, 1.165) is 13.1 Å². The number of carbonyl (C=O) groups is 3. The highest BCUT2D eigenvalue weighted by Crippen LogP contribution is 2.52. The first-order chi connectivity index (χ1) is 12.3. The van der Waals surface area contributed by atoms with Crippen LogP contribution in [-0.2, 0) is 14.4 Å². The number of rotatable bonds is 5. The summed E-state index contributed by atoms with van der Waals surface area (Å²) < 4.78 is 0. The molecule has 0 aromatic carbocycles. The Kier molecular flexibility index (Phi) is 4.28. The zero-order valence-corrected chi connectivity index (χ0v) is 15.5. The minimum Gasteiger partial charge on any atom is -0.477 e. The fraction of sp³-hybridized carbons (Fsp3) is 0.706. The van der Waals surface area contributed by atoms with Crippen molar-refractivity contribution in [2.45, 2.75) is 43.7 Å². The summed E-state index contributed by atoms with van der Waals surface area (Å²) in [5.41, 5.74) is -0.00837. The molecule has 142 valence electrons. The van der Waals surface area contributed by atoms with Gasteiger partial charge in [0.2, 0.25) is 11.8 Å². The van der Waals surface area contributed by atoms with E-state index in [-0.39, 0.29) is 40.8 Å². The molecule has 2 amide bonds. The number of carboxylic acids is 1. The Morgan fingerprint density at radius 3 is 2.54 bits per heavy atom. The third-order valence-corrected chi connectivity index (χ3v) is 7.51. The second-order valence-corrected chi connectivity index (χ2v) is 8.76. The lowest BCUT2D eigenvalue weighted by Crippen LogP contribution is -2.63. The first-order valence-corrected chi connectivity index (χ1v) is 9.87. The number of carboxylic acid groups (broad SMARTS) is 1. The van der Waals surface area contributed by atoms with Gasteiger partial charge in [-0.05, 0) is 13.3 Å². The molecule has 3 saturated heterocycles. The van der Waals surface area contributed by atoms with Crippen LogP contribution < -0.4 is 5.32 Å². The van der Waals surface area contributed by atoms with Gasteiger partial charge in [0, 0.05) is 30.5 Å². The molecule has 3 N–H and O–H groups in total. The first kappa shape index (κ1) is 17.8. The van der Waals surface area contributed by atoms with Crippen LogP contribution in [0.5, 0.6) is 0 Å². The van der Waals surface area contributed by atoms with Crippen molar-refractivity contribution in [1.29, 1.82) is 0 Å². The molecule has 4 aliphatic rings. The smallest absolute Gasteiger partial charge is 0.353 e. The quantitative estimate of drug-likeness (QED) is 0.548. The number of fused-ring (bicyclic) bond motifs is 1. The van der Waals surface area contributed by atoms with E-state index in [0.29, 0.717) is 17.9 Å². The summed E-state index contributed by atoms with van der Waals surface area (Å²) >= 11 is 1.30. The van der Waals surface area contributed by atoms with Crippen LogP contribution in [0.25, 0.3) is 0 Å². The van der Waals surface area contributed by atoms with Gasteiger partial charge in [0.1, 0.15) is 5.70 Å². The lowest BCUT2D eigenvalue weighted by atomic mass is 9.79. The number of β-lactam (4-membered cyclic amide) rings is 1. The maximum atomic E-state index is 12.7. The molecule has 0 aromatic rings. The maximum absolute atomic E-state index is 12.7. The molecular weight excluding hydrogens is 358 g/mol. The summed E-state index contributed by atoms with van der Waals surface area (Å²) in [6.07, 6.45) is -0.137. The molecule has 0 saturated carbocycles. The number of aliphatic hydroxyl groups excluding tert-OH is 1. The van der Waals surface area contributed by atoms with E-state index in [1.54, 1.807) is 6.92 Å². The highest BCUT2D eigenvalue weighted by Gasteiger charge is 2.60. The summed E-state index contributed by atoms with van der Waals surface area (Å²) in [5, 5.41) is 22.4. The number of aliphatic hydroxyl groups is 1. The van der Waals surface area contributed by atoms with Crippen LogP contribution in [0.2, 0.25) is 0 Å². The minimum atomic E-state index is -1.15. The van der Waals surface area contributed by atoms with E-state index < -0.39 is 18.0 Å². The predicted octanol–water partition coefficient (Wildman–Crippen LogP) is -0.554. The number of amides is 2. The number of likely N-dealkylation sites (tertiary alicyclic amines) is 1. The molecular formula is C17H23N3O5S. The lowest BCUT2D eigenvalue weighted by Gasteiger charge is -2.46. The van der Waals surface area contributed by atoms with E-state index in [1.807, 2.05) is 11.8 Å². The Morgan fingerprint density at radius 2 is 2.00 bits per heavy atom. The third-order valence-electron chi connectivity index (χ3n) is 5.97.